The fraction of sp³-hybridized carbons (Fsp3) is 0.308. The summed E-state index contributed by atoms with van der Waals surface area (Å²) in [6.07, 6.45) is 1.88. The number of hydrogen-bond acceptors (Lipinski definition) is 7. The number of methoxy groups -OCH3 is 2. The van der Waals surface area contributed by atoms with Crippen LogP contribution in [0.4, 0.5) is 5.82 Å². The van der Waals surface area contributed by atoms with Gasteiger partial charge in [-0.15, -0.1) is 0 Å². The number of rotatable bonds is 8. The number of H-pyrrole nitrogens is 1. The number of fused-ring (bicyclic) bond motifs is 2. The monoisotopic (exact) mass is 505 g/mol. The van der Waals surface area contributed by atoms with Gasteiger partial charge in [-0.1, -0.05) is 0 Å². The summed E-state index contributed by atoms with van der Waals surface area (Å²) in [6, 6.07) is 10.8. The summed E-state index contributed by atoms with van der Waals surface area (Å²) < 4.78 is 12.8. The van der Waals surface area contributed by atoms with E-state index in [0.29, 0.717) is 63.6 Å². The summed E-state index contributed by atoms with van der Waals surface area (Å²) >= 11 is 5.47. The number of carbonyl (C=O) groups excluding carboxylic acids is 2. The molecule has 3 heterocycles. The summed E-state index contributed by atoms with van der Waals surface area (Å²) in [5.41, 5.74) is 9.03. The molecule has 10 heteroatoms. The standard InChI is InChI=1S/C26H27N5O4S/c1-34-22-13-17-19(14-23(22)35-2)29-26(36)31(24(17)27)10-3-5-21(32)20-12-16-11-15(6-7-18(16)28-20)25(33)30-8-4-9-30/h6-7,11-14,28H,3-5,8-10,27H2,1-2H3. The van der Waals surface area contributed by atoms with E-state index in [1.165, 1.54) is 0 Å². The number of ether oxygens (including phenoxy) is 2. The molecule has 9 nitrogen and oxygen atoms in total. The molecule has 1 saturated heterocycles. The average Bonchev–Trinajstić information content (AvgIpc) is 3.27. The second kappa shape index (κ2) is 9.62. The Balaban J connectivity index is 1.30. The van der Waals surface area contributed by atoms with Gasteiger partial charge in [-0.05, 0) is 55.4 Å². The number of ketones is 1. The van der Waals surface area contributed by atoms with E-state index in [1.807, 2.05) is 23.1 Å². The smallest absolute Gasteiger partial charge is 0.253 e. The molecule has 0 saturated carbocycles. The Kier molecular flexibility index (Phi) is 6.36. The van der Waals surface area contributed by atoms with Crippen LogP contribution in [0.15, 0.2) is 36.4 Å². The molecular formula is C26H27N5O4S. The number of nitrogens with one attached hydrogen (secondary N) is 1. The van der Waals surface area contributed by atoms with Crippen LogP contribution in [0.3, 0.4) is 0 Å². The molecule has 36 heavy (non-hydrogen) atoms. The maximum Gasteiger partial charge on any atom is 0.253 e. The number of Topliss-reactive ketones (excluding diaryl/α,β-unsaturated/α-hetero) is 1. The first-order valence-electron chi connectivity index (χ1n) is 11.8. The van der Waals surface area contributed by atoms with Crippen LogP contribution in [0.2, 0.25) is 0 Å². The number of nitrogen functional groups attached to an aromatic ring is 1. The van der Waals surface area contributed by atoms with Crippen molar-refractivity contribution in [3.05, 3.63) is 52.4 Å². The highest BCUT2D eigenvalue weighted by Gasteiger charge is 2.22. The SMILES string of the molecule is COc1cc2nc(=S)n(CCCC(=O)c3cc4cc(C(=O)N5CCC5)ccc4[nH]3)c(N)c2cc1OC. The number of aromatic nitrogens is 3. The zero-order chi connectivity index (χ0) is 25.4. The van der Waals surface area contributed by atoms with E-state index in [0.717, 1.165) is 30.4 Å². The van der Waals surface area contributed by atoms with E-state index in [-0.39, 0.29) is 11.7 Å². The average molecular weight is 506 g/mol. The number of nitrogens with two attached hydrogens (primary N) is 1. The van der Waals surface area contributed by atoms with Crippen LogP contribution in [-0.2, 0) is 6.54 Å². The maximum absolute atomic E-state index is 12.9. The molecule has 1 aliphatic rings. The Morgan fingerprint density at radius 3 is 2.56 bits per heavy atom. The van der Waals surface area contributed by atoms with Gasteiger partial charge in [0.25, 0.3) is 5.91 Å². The molecule has 0 radical (unpaired) electrons. The lowest BCUT2D eigenvalue weighted by molar-refractivity contribution is 0.0652. The predicted octanol–water partition coefficient (Wildman–Crippen LogP) is 4.36. The van der Waals surface area contributed by atoms with Gasteiger partial charge >= 0.3 is 0 Å². The molecule has 0 spiro atoms. The Morgan fingerprint density at radius 1 is 1.11 bits per heavy atom. The van der Waals surface area contributed by atoms with Gasteiger partial charge in [0, 0.05) is 54.0 Å². The van der Waals surface area contributed by atoms with Crippen LogP contribution < -0.4 is 15.2 Å². The molecule has 2 aromatic heterocycles. The minimum atomic E-state index is -0.0212. The predicted molar refractivity (Wildman–Crippen MR) is 140 cm³/mol. The van der Waals surface area contributed by atoms with Crippen molar-refractivity contribution in [3.8, 4) is 11.5 Å². The number of carbonyl (C=O) groups is 2. The van der Waals surface area contributed by atoms with Crippen LogP contribution in [0.1, 0.15) is 40.1 Å². The Morgan fingerprint density at radius 2 is 1.86 bits per heavy atom. The molecule has 4 aromatic rings. The molecule has 3 N–H and O–H groups in total. The summed E-state index contributed by atoms with van der Waals surface area (Å²) in [6.45, 7) is 2.05. The topological polar surface area (TPSA) is 115 Å². The number of benzene rings is 2. The van der Waals surface area contributed by atoms with Gasteiger partial charge in [0.05, 0.1) is 25.4 Å². The Hall–Kier alpha value is -3.92. The van der Waals surface area contributed by atoms with Crippen LogP contribution in [0, 0.1) is 4.77 Å². The van der Waals surface area contributed by atoms with Crippen LogP contribution >= 0.6 is 12.2 Å². The van der Waals surface area contributed by atoms with Crippen molar-refractivity contribution >= 4 is 51.5 Å². The van der Waals surface area contributed by atoms with Gasteiger partial charge in [-0.3, -0.25) is 9.59 Å². The molecule has 2 aromatic carbocycles. The fourth-order valence-electron chi connectivity index (χ4n) is 4.44. The lowest BCUT2D eigenvalue weighted by Crippen LogP contribution is -2.41. The van der Waals surface area contributed by atoms with Crippen LogP contribution in [-0.4, -0.2) is 58.4 Å². The molecule has 186 valence electrons. The molecule has 0 bridgehead atoms. The van der Waals surface area contributed by atoms with Crippen molar-refractivity contribution in [2.75, 3.05) is 33.0 Å². The third kappa shape index (κ3) is 4.28. The summed E-state index contributed by atoms with van der Waals surface area (Å²) in [5.74, 6) is 1.57. The first kappa shape index (κ1) is 23.8. The van der Waals surface area contributed by atoms with Crippen molar-refractivity contribution in [1.29, 1.82) is 0 Å². The molecule has 0 atom stereocenters. The normalized spacial score (nSPS) is 13.1. The van der Waals surface area contributed by atoms with Crippen molar-refractivity contribution in [2.45, 2.75) is 25.8 Å². The Bertz CT molecular complexity index is 1550. The van der Waals surface area contributed by atoms with Crippen molar-refractivity contribution in [3.63, 3.8) is 0 Å². The van der Waals surface area contributed by atoms with Crippen molar-refractivity contribution in [1.82, 2.24) is 19.4 Å². The van der Waals surface area contributed by atoms with Gasteiger partial charge in [0.15, 0.2) is 17.3 Å². The van der Waals surface area contributed by atoms with E-state index >= 15 is 0 Å². The molecule has 5 rings (SSSR count). The van der Waals surface area contributed by atoms with Gasteiger partial charge in [-0.25, -0.2) is 4.98 Å². The summed E-state index contributed by atoms with van der Waals surface area (Å²) in [5, 5.41) is 1.55. The number of nitrogens with zero attached hydrogens (tertiary/aromatic N) is 3. The van der Waals surface area contributed by atoms with Crippen LogP contribution in [0.25, 0.3) is 21.8 Å². The third-order valence-electron chi connectivity index (χ3n) is 6.61. The van der Waals surface area contributed by atoms with E-state index in [9.17, 15) is 9.59 Å². The first-order chi connectivity index (χ1) is 17.4. The lowest BCUT2D eigenvalue weighted by atomic mass is 10.1. The molecule has 0 unspecified atom stereocenters. The summed E-state index contributed by atoms with van der Waals surface area (Å²) in [4.78, 5) is 34.9. The molecule has 1 amide bonds. The van der Waals surface area contributed by atoms with Gasteiger partial charge in [-0.2, -0.15) is 0 Å². The quantitative estimate of drug-likeness (QED) is 0.270. The van der Waals surface area contributed by atoms with Crippen molar-refractivity contribution < 1.29 is 19.1 Å². The third-order valence-corrected chi connectivity index (χ3v) is 6.92. The lowest BCUT2D eigenvalue weighted by Gasteiger charge is -2.30. The number of hydrogen-bond donors (Lipinski definition) is 2. The van der Waals surface area contributed by atoms with E-state index in [2.05, 4.69) is 9.97 Å². The molecular weight excluding hydrogens is 478 g/mol. The van der Waals surface area contributed by atoms with Crippen LogP contribution in [0.5, 0.6) is 11.5 Å². The fourth-order valence-corrected chi connectivity index (χ4v) is 4.73. The molecule has 1 aliphatic heterocycles. The van der Waals surface area contributed by atoms with E-state index < -0.39 is 0 Å². The minimum absolute atomic E-state index is 0.0212. The number of aromatic amines is 1. The molecule has 0 aliphatic carbocycles. The van der Waals surface area contributed by atoms with E-state index in [4.69, 9.17) is 27.4 Å². The highest BCUT2D eigenvalue weighted by Crippen LogP contribution is 2.34. The summed E-state index contributed by atoms with van der Waals surface area (Å²) in [7, 11) is 3.12. The maximum atomic E-state index is 12.9. The van der Waals surface area contributed by atoms with Gasteiger partial charge < -0.3 is 29.7 Å². The van der Waals surface area contributed by atoms with Gasteiger partial charge in [0.2, 0.25) is 4.77 Å². The second-order valence-electron chi connectivity index (χ2n) is 8.81. The zero-order valence-electron chi connectivity index (χ0n) is 20.2. The molecule has 1 fully saturated rings. The highest BCUT2D eigenvalue weighted by molar-refractivity contribution is 7.71. The van der Waals surface area contributed by atoms with Gasteiger partial charge in [0.1, 0.15) is 5.82 Å². The second-order valence-corrected chi connectivity index (χ2v) is 9.18. The number of amides is 1. The van der Waals surface area contributed by atoms with E-state index in [1.54, 1.807) is 37.0 Å². The number of likely N-dealkylation sites (tertiary alicyclic amines) is 1. The highest BCUT2D eigenvalue weighted by atomic mass is 32.1. The minimum Gasteiger partial charge on any atom is -0.493 e. The first-order valence-corrected chi connectivity index (χ1v) is 12.2. The largest absolute Gasteiger partial charge is 0.493 e. The van der Waals surface area contributed by atoms with Crippen molar-refractivity contribution in [2.24, 2.45) is 0 Å². The Labute approximate surface area is 212 Å². The number of anilines is 1. The zero-order valence-corrected chi connectivity index (χ0v) is 21.0.